The van der Waals surface area contributed by atoms with Gasteiger partial charge in [-0.25, -0.2) is 12.8 Å². The third-order valence-corrected chi connectivity index (χ3v) is 4.20. The predicted octanol–water partition coefficient (Wildman–Crippen LogP) is 3.28. The van der Waals surface area contributed by atoms with E-state index in [0.717, 1.165) is 29.3 Å². The van der Waals surface area contributed by atoms with Gasteiger partial charge in [-0.15, -0.1) is 0 Å². The third-order valence-electron chi connectivity index (χ3n) is 2.03. The SMILES string of the molecule is CCCC(F)Sc1ccc(S(C)(=O)=O)cc1. The van der Waals surface area contributed by atoms with Crippen molar-refractivity contribution in [3.8, 4) is 0 Å². The Bertz CT molecular complexity index is 426. The highest BCUT2D eigenvalue weighted by Crippen LogP contribution is 2.27. The molecule has 0 radical (unpaired) electrons. The first-order valence-electron chi connectivity index (χ1n) is 5.04. The van der Waals surface area contributed by atoms with E-state index >= 15 is 0 Å². The number of thioether (sulfide) groups is 1. The summed E-state index contributed by atoms with van der Waals surface area (Å²) in [5.74, 6) is 0. The number of hydrogen-bond donors (Lipinski definition) is 0. The Morgan fingerprint density at radius 3 is 2.31 bits per heavy atom. The Balaban J connectivity index is 2.72. The van der Waals surface area contributed by atoms with E-state index in [-0.39, 0.29) is 4.90 Å². The van der Waals surface area contributed by atoms with Crippen molar-refractivity contribution in [3.05, 3.63) is 24.3 Å². The van der Waals surface area contributed by atoms with Crippen molar-refractivity contribution >= 4 is 21.6 Å². The second kappa shape index (κ2) is 5.68. The Morgan fingerprint density at radius 2 is 1.88 bits per heavy atom. The van der Waals surface area contributed by atoms with Gasteiger partial charge < -0.3 is 0 Å². The van der Waals surface area contributed by atoms with E-state index in [0.29, 0.717) is 6.42 Å². The van der Waals surface area contributed by atoms with Crippen LogP contribution in [0.25, 0.3) is 0 Å². The molecule has 0 bridgehead atoms. The number of sulfone groups is 1. The smallest absolute Gasteiger partial charge is 0.175 e. The predicted molar refractivity (Wildman–Crippen MR) is 65.2 cm³/mol. The van der Waals surface area contributed by atoms with Gasteiger partial charge in [0.05, 0.1) is 4.90 Å². The van der Waals surface area contributed by atoms with Crippen LogP contribution in [0.5, 0.6) is 0 Å². The minimum absolute atomic E-state index is 0.266. The largest absolute Gasteiger partial charge is 0.235 e. The van der Waals surface area contributed by atoms with E-state index in [1.54, 1.807) is 12.1 Å². The molecule has 0 aliphatic rings. The fourth-order valence-electron chi connectivity index (χ4n) is 1.20. The van der Waals surface area contributed by atoms with E-state index in [2.05, 4.69) is 0 Å². The Kier molecular flexibility index (Phi) is 4.80. The van der Waals surface area contributed by atoms with Crippen LogP contribution in [0.2, 0.25) is 0 Å². The first-order valence-corrected chi connectivity index (χ1v) is 7.81. The molecule has 0 spiro atoms. The number of hydrogen-bond acceptors (Lipinski definition) is 3. The maximum Gasteiger partial charge on any atom is 0.175 e. The molecule has 0 aliphatic carbocycles. The number of alkyl halides is 1. The van der Waals surface area contributed by atoms with Gasteiger partial charge in [0.2, 0.25) is 0 Å². The Morgan fingerprint density at radius 1 is 1.31 bits per heavy atom. The highest BCUT2D eigenvalue weighted by Gasteiger charge is 2.09. The molecular formula is C11H15FO2S2. The summed E-state index contributed by atoms with van der Waals surface area (Å²) in [7, 11) is -3.16. The molecule has 0 N–H and O–H groups in total. The van der Waals surface area contributed by atoms with Crippen molar-refractivity contribution in [3.63, 3.8) is 0 Å². The van der Waals surface area contributed by atoms with Crippen LogP contribution in [0.15, 0.2) is 34.1 Å². The summed E-state index contributed by atoms with van der Waals surface area (Å²) in [4.78, 5) is 1.02. The minimum atomic E-state index is -3.16. The monoisotopic (exact) mass is 262 g/mol. The molecule has 1 aromatic rings. The molecule has 0 saturated carbocycles. The van der Waals surface area contributed by atoms with Crippen molar-refractivity contribution in [1.29, 1.82) is 0 Å². The van der Waals surface area contributed by atoms with Crippen LogP contribution in [-0.2, 0) is 9.84 Å². The number of benzene rings is 1. The Labute approximate surface area is 100 Å². The molecule has 1 rings (SSSR count). The lowest BCUT2D eigenvalue weighted by atomic mass is 10.4. The quantitative estimate of drug-likeness (QED) is 0.764. The second-order valence-electron chi connectivity index (χ2n) is 3.56. The van der Waals surface area contributed by atoms with Gasteiger partial charge in [0, 0.05) is 11.2 Å². The molecule has 0 heterocycles. The van der Waals surface area contributed by atoms with Crippen LogP contribution in [0.4, 0.5) is 4.39 Å². The maximum absolute atomic E-state index is 13.3. The molecule has 1 aromatic carbocycles. The first-order chi connectivity index (χ1) is 7.43. The van der Waals surface area contributed by atoms with E-state index in [4.69, 9.17) is 0 Å². The fourth-order valence-corrected chi connectivity index (χ4v) is 2.77. The van der Waals surface area contributed by atoms with E-state index in [1.807, 2.05) is 6.92 Å². The standard InChI is InChI=1S/C11H15FO2S2/c1-3-4-11(12)15-9-5-7-10(8-6-9)16(2,13)14/h5-8,11H,3-4H2,1-2H3. The number of halogens is 1. The lowest BCUT2D eigenvalue weighted by molar-refractivity contribution is 0.426. The fraction of sp³-hybridized carbons (Fsp3) is 0.455. The molecule has 0 aromatic heterocycles. The van der Waals surface area contributed by atoms with Crippen LogP contribution in [0.1, 0.15) is 19.8 Å². The highest BCUT2D eigenvalue weighted by molar-refractivity contribution is 7.99. The zero-order chi connectivity index (χ0) is 12.2. The molecule has 1 atom stereocenters. The van der Waals surface area contributed by atoms with Crippen LogP contribution in [-0.4, -0.2) is 20.2 Å². The van der Waals surface area contributed by atoms with Gasteiger partial charge in [0.1, 0.15) is 5.50 Å². The van der Waals surface area contributed by atoms with Crippen molar-refractivity contribution in [1.82, 2.24) is 0 Å². The van der Waals surface area contributed by atoms with Gasteiger partial charge in [-0.05, 0) is 30.7 Å². The lowest BCUT2D eigenvalue weighted by Crippen LogP contribution is -1.97. The van der Waals surface area contributed by atoms with Crippen LogP contribution >= 0.6 is 11.8 Å². The molecule has 0 aliphatic heterocycles. The minimum Gasteiger partial charge on any atom is -0.235 e. The third kappa shape index (κ3) is 4.14. The molecule has 5 heteroatoms. The zero-order valence-corrected chi connectivity index (χ0v) is 10.9. The molecule has 0 amide bonds. The molecule has 90 valence electrons. The molecular weight excluding hydrogens is 247 g/mol. The van der Waals surface area contributed by atoms with Crippen LogP contribution < -0.4 is 0 Å². The van der Waals surface area contributed by atoms with E-state index < -0.39 is 15.3 Å². The van der Waals surface area contributed by atoms with Crippen LogP contribution in [0, 0.1) is 0 Å². The molecule has 0 saturated heterocycles. The van der Waals surface area contributed by atoms with Gasteiger partial charge in [-0.2, -0.15) is 0 Å². The van der Waals surface area contributed by atoms with Gasteiger partial charge in [0.25, 0.3) is 0 Å². The van der Waals surface area contributed by atoms with E-state index in [1.165, 1.54) is 12.1 Å². The summed E-state index contributed by atoms with van der Waals surface area (Å²) in [6, 6.07) is 6.30. The molecule has 2 nitrogen and oxygen atoms in total. The van der Waals surface area contributed by atoms with Crippen molar-refractivity contribution in [2.75, 3.05) is 6.26 Å². The highest BCUT2D eigenvalue weighted by atomic mass is 32.2. The number of rotatable bonds is 5. The zero-order valence-electron chi connectivity index (χ0n) is 9.31. The molecule has 1 unspecified atom stereocenters. The summed E-state index contributed by atoms with van der Waals surface area (Å²) in [6.07, 6.45) is 2.47. The topological polar surface area (TPSA) is 34.1 Å². The van der Waals surface area contributed by atoms with Crippen molar-refractivity contribution in [2.24, 2.45) is 0 Å². The lowest BCUT2D eigenvalue weighted by Gasteiger charge is -2.06. The normalized spacial score (nSPS) is 13.7. The average molecular weight is 262 g/mol. The summed E-state index contributed by atoms with van der Waals surface area (Å²) in [6.45, 7) is 1.93. The second-order valence-corrected chi connectivity index (χ2v) is 6.79. The average Bonchev–Trinajstić information content (AvgIpc) is 2.17. The summed E-state index contributed by atoms with van der Waals surface area (Å²) in [5, 5.41) is 0. The van der Waals surface area contributed by atoms with E-state index in [9.17, 15) is 12.8 Å². The van der Waals surface area contributed by atoms with Gasteiger partial charge >= 0.3 is 0 Å². The maximum atomic E-state index is 13.3. The van der Waals surface area contributed by atoms with Crippen molar-refractivity contribution in [2.45, 2.75) is 35.1 Å². The van der Waals surface area contributed by atoms with Crippen LogP contribution in [0.3, 0.4) is 0 Å². The molecule has 0 fully saturated rings. The first kappa shape index (κ1) is 13.5. The van der Waals surface area contributed by atoms with Crippen molar-refractivity contribution < 1.29 is 12.8 Å². The summed E-state index contributed by atoms with van der Waals surface area (Å²) in [5.41, 5.74) is -0.922. The van der Waals surface area contributed by atoms with Gasteiger partial charge in [0.15, 0.2) is 9.84 Å². The molecule has 16 heavy (non-hydrogen) atoms. The Hall–Kier alpha value is -0.550. The van der Waals surface area contributed by atoms with Gasteiger partial charge in [-0.3, -0.25) is 0 Å². The van der Waals surface area contributed by atoms with Gasteiger partial charge in [-0.1, -0.05) is 25.1 Å². The summed E-state index contributed by atoms with van der Waals surface area (Å²) >= 11 is 1.13. The summed E-state index contributed by atoms with van der Waals surface area (Å²) < 4.78 is 35.6.